The van der Waals surface area contributed by atoms with Crippen molar-refractivity contribution in [1.29, 1.82) is 0 Å². The lowest BCUT2D eigenvalue weighted by Gasteiger charge is -2.37. The van der Waals surface area contributed by atoms with Gasteiger partial charge in [0.1, 0.15) is 16.7 Å². The van der Waals surface area contributed by atoms with Gasteiger partial charge in [-0.25, -0.2) is 8.42 Å². The zero-order valence-electron chi connectivity index (χ0n) is 19.2. The van der Waals surface area contributed by atoms with Gasteiger partial charge in [0.25, 0.3) is 0 Å². The summed E-state index contributed by atoms with van der Waals surface area (Å²) in [6.45, 7) is 6.91. The molecule has 2 heterocycles. The summed E-state index contributed by atoms with van der Waals surface area (Å²) in [4.78, 5) is 6.66. The highest BCUT2D eigenvalue weighted by Gasteiger charge is 2.38. The highest BCUT2D eigenvalue weighted by atomic mass is 32.2. The second-order valence-corrected chi connectivity index (χ2v) is 10.3. The Morgan fingerprint density at radius 1 is 1.34 bits per heavy atom. The number of nitrogens with zero attached hydrogens (tertiary/aromatic N) is 3. The minimum Gasteiger partial charge on any atom is -0.487 e. The van der Waals surface area contributed by atoms with Gasteiger partial charge < -0.3 is 9.84 Å². The van der Waals surface area contributed by atoms with Crippen LogP contribution in [-0.4, -0.2) is 66.6 Å². The van der Waals surface area contributed by atoms with E-state index in [1.807, 2.05) is 51.2 Å². The summed E-state index contributed by atoms with van der Waals surface area (Å²) in [5, 5.41) is 9.74. The highest BCUT2D eigenvalue weighted by molar-refractivity contribution is 7.89. The Morgan fingerprint density at radius 2 is 2.12 bits per heavy atom. The molecule has 0 spiro atoms. The molecular weight excluding hydrogens is 426 g/mol. The summed E-state index contributed by atoms with van der Waals surface area (Å²) in [5.74, 6) is 0.252. The van der Waals surface area contributed by atoms with Gasteiger partial charge >= 0.3 is 0 Å². The lowest BCUT2D eigenvalue weighted by molar-refractivity contribution is 0.0730. The molecule has 0 aliphatic carbocycles. The minimum atomic E-state index is -3.82. The van der Waals surface area contributed by atoms with Gasteiger partial charge in [-0.15, -0.1) is 0 Å². The molecule has 1 aliphatic heterocycles. The van der Waals surface area contributed by atoms with Gasteiger partial charge in [-0.2, -0.15) is 4.31 Å². The van der Waals surface area contributed by atoms with Crippen LogP contribution in [0.15, 0.2) is 53.6 Å². The third-order valence-corrected chi connectivity index (χ3v) is 7.72. The fourth-order valence-corrected chi connectivity index (χ4v) is 5.72. The molecule has 0 bridgehead atoms. The van der Waals surface area contributed by atoms with E-state index < -0.39 is 16.1 Å². The van der Waals surface area contributed by atoms with E-state index in [0.29, 0.717) is 18.8 Å². The number of likely N-dealkylation sites (N-methyl/N-ethyl adjacent to an activating group) is 1. The van der Waals surface area contributed by atoms with Crippen LogP contribution >= 0.6 is 0 Å². The molecule has 32 heavy (non-hydrogen) atoms. The van der Waals surface area contributed by atoms with Crippen LogP contribution in [0.3, 0.4) is 0 Å². The number of fused-ring (bicyclic) bond motifs is 1. The summed E-state index contributed by atoms with van der Waals surface area (Å²) in [6.07, 6.45) is 5.34. The average Bonchev–Trinajstić information content (AvgIpc) is 2.76. The van der Waals surface area contributed by atoms with Gasteiger partial charge in [0.05, 0.1) is 12.3 Å². The number of allylic oxidation sites excluding steroid dienone is 1. The molecule has 0 saturated heterocycles. The van der Waals surface area contributed by atoms with Crippen molar-refractivity contribution in [3.05, 3.63) is 59.9 Å². The number of sulfonamides is 1. The number of ether oxygens (including phenoxy) is 1. The summed E-state index contributed by atoms with van der Waals surface area (Å²) in [5.41, 5.74) is 1.83. The largest absolute Gasteiger partial charge is 0.487 e. The molecule has 1 aromatic heterocycles. The van der Waals surface area contributed by atoms with Gasteiger partial charge in [0.2, 0.25) is 10.0 Å². The number of hydrogen-bond acceptors (Lipinski definition) is 6. The first-order valence-corrected chi connectivity index (χ1v) is 12.3. The number of rotatable bonds is 7. The van der Waals surface area contributed by atoms with E-state index in [-0.39, 0.29) is 30.1 Å². The van der Waals surface area contributed by atoms with Crippen LogP contribution in [0.4, 0.5) is 0 Å². The maximum Gasteiger partial charge on any atom is 0.247 e. The lowest BCUT2D eigenvalue weighted by atomic mass is 10.0. The molecule has 2 aromatic rings. The number of aliphatic hydroxyl groups excluding tert-OH is 1. The second kappa shape index (κ2) is 10.6. The van der Waals surface area contributed by atoms with E-state index in [2.05, 4.69) is 9.88 Å². The first-order chi connectivity index (χ1) is 15.3. The molecule has 3 atom stereocenters. The highest BCUT2D eigenvalue weighted by Crippen LogP contribution is 2.34. The predicted octanol–water partition coefficient (Wildman–Crippen LogP) is 3.02. The predicted molar refractivity (Wildman–Crippen MR) is 126 cm³/mol. The molecule has 1 N–H and O–H groups in total. The lowest BCUT2D eigenvalue weighted by Crippen LogP contribution is -2.49. The van der Waals surface area contributed by atoms with Gasteiger partial charge in [0, 0.05) is 37.8 Å². The number of pyridine rings is 1. The molecule has 0 radical (unpaired) electrons. The van der Waals surface area contributed by atoms with Crippen molar-refractivity contribution in [2.75, 3.05) is 26.7 Å². The molecule has 8 heteroatoms. The van der Waals surface area contributed by atoms with Crippen molar-refractivity contribution in [1.82, 2.24) is 14.2 Å². The van der Waals surface area contributed by atoms with E-state index in [4.69, 9.17) is 4.74 Å². The quantitative estimate of drug-likeness (QED) is 0.685. The van der Waals surface area contributed by atoms with Crippen molar-refractivity contribution in [2.24, 2.45) is 5.92 Å². The standard InChI is InChI=1S/C24H33N3O4S/c1-5-8-20-10-11-24-22(13-20)31-23(16-26(4)15-21-9-6-7-12-25-21)18(2)14-27(19(3)17-28)32(24,29)30/h5-13,18-19,23,28H,14-17H2,1-4H3/t18-,19-,23-/m1/s1. The van der Waals surface area contributed by atoms with E-state index in [1.165, 1.54) is 4.31 Å². The molecule has 3 rings (SSSR count). The Balaban J connectivity index is 1.97. The van der Waals surface area contributed by atoms with Gasteiger partial charge in [-0.3, -0.25) is 9.88 Å². The molecule has 0 fully saturated rings. The van der Waals surface area contributed by atoms with Crippen LogP contribution in [0.5, 0.6) is 5.75 Å². The van der Waals surface area contributed by atoms with Crippen molar-refractivity contribution in [2.45, 2.75) is 44.4 Å². The number of aliphatic hydroxyl groups is 1. The molecule has 7 nitrogen and oxygen atoms in total. The van der Waals surface area contributed by atoms with Crippen LogP contribution in [0.2, 0.25) is 0 Å². The molecule has 1 aliphatic rings. The zero-order chi connectivity index (χ0) is 23.3. The molecule has 0 amide bonds. The Kier molecular flexibility index (Phi) is 8.05. The molecular formula is C24H33N3O4S. The van der Waals surface area contributed by atoms with Gasteiger partial charge in [0.15, 0.2) is 0 Å². The average molecular weight is 460 g/mol. The van der Waals surface area contributed by atoms with Crippen LogP contribution in [0.1, 0.15) is 32.0 Å². The Morgan fingerprint density at radius 3 is 2.78 bits per heavy atom. The van der Waals surface area contributed by atoms with Crippen LogP contribution in [-0.2, 0) is 16.6 Å². The van der Waals surface area contributed by atoms with Gasteiger partial charge in [-0.05, 0) is 50.7 Å². The van der Waals surface area contributed by atoms with Crippen molar-refractivity contribution in [3.63, 3.8) is 0 Å². The van der Waals surface area contributed by atoms with Crippen molar-refractivity contribution < 1.29 is 18.3 Å². The third-order valence-electron chi connectivity index (χ3n) is 5.70. The maximum atomic E-state index is 13.5. The van der Waals surface area contributed by atoms with E-state index >= 15 is 0 Å². The summed E-state index contributed by atoms with van der Waals surface area (Å²) in [7, 11) is -1.81. The minimum absolute atomic E-state index is 0.0940. The van der Waals surface area contributed by atoms with E-state index in [1.54, 1.807) is 31.3 Å². The summed E-state index contributed by atoms with van der Waals surface area (Å²) >= 11 is 0. The summed E-state index contributed by atoms with van der Waals surface area (Å²) in [6, 6.07) is 10.4. The van der Waals surface area contributed by atoms with Crippen LogP contribution < -0.4 is 4.74 Å². The van der Waals surface area contributed by atoms with Gasteiger partial charge in [-0.1, -0.05) is 31.2 Å². The molecule has 0 unspecified atom stereocenters. The molecule has 0 saturated carbocycles. The second-order valence-electron chi connectivity index (χ2n) is 8.46. The Bertz CT molecular complexity index is 1030. The van der Waals surface area contributed by atoms with Crippen LogP contribution in [0, 0.1) is 5.92 Å². The Hall–Kier alpha value is -2.26. The smallest absolute Gasteiger partial charge is 0.247 e. The monoisotopic (exact) mass is 459 g/mol. The zero-order valence-corrected chi connectivity index (χ0v) is 20.0. The molecule has 1 aromatic carbocycles. The van der Waals surface area contributed by atoms with Crippen molar-refractivity contribution in [3.8, 4) is 5.75 Å². The fraction of sp³-hybridized carbons (Fsp3) is 0.458. The van der Waals surface area contributed by atoms with Crippen molar-refractivity contribution >= 4 is 16.1 Å². The van der Waals surface area contributed by atoms with E-state index in [0.717, 1.165) is 11.3 Å². The molecule has 174 valence electrons. The SMILES string of the molecule is CC=Cc1ccc2c(c1)O[C@H](CN(C)Cc1ccccn1)[C@H](C)CN([C@H](C)CO)S2(=O)=O. The fourth-order valence-electron chi connectivity index (χ4n) is 3.90. The topological polar surface area (TPSA) is 83.0 Å². The maximum absolute atomic E-state index is 13.5. The third kappa shape index (κ3) is 5.56. The Labute approximate surface area is 191 Å². The number of hydrogen-bond donors (Lipinski definition) is 1. The van der Waals surface area contributed by atoms with E-state index in [9.17, 15) is 13.5 Å². The summed E-state index contributed by atoms with van der Waals surface area (Å²) < 4.78 is 34.7. The first kappa shape index (κ1) is 24.4. The number of aromatic nitrogens is 1. The van der Waals surface area contributed by atoms with Crippen LogP contribution in [0.25, 0.3) is 6.08 Å². The first-order valence-electron chi connectivity index (χ1n) is 10.9. The normalized spacial score (nSPS) is 22.2. The number of benzene rings is 1.